The number of sulfonamides is 1. The van der Waals surface area contributed by atoms with Gasteiger partial charge >= 0.3 is 0 Å². The Labute approximate surface area is 153 Å². The van der Waals surface area contributed by atoms with Crippen molar-refractivity contribution in [1.29, 1.82) is 0 Å². The van der Waals surface area contributed by atoms with Crippen molar-refractivity contribution >= 4 is 15.7 Å². The Morgan fingerprint density at radius 1 is 0.923 bits per heavy atom. The molecule has 0 bridgehead atoms. The van der Waals surface area contributed by atoms with Crippen LogP contribution >= 0.6 is 0 Å². The van der Waals surface area contributed by atoms with Crippen LogP contribution in [0.25, 0.3) is 0 Å². The molecule has 134 valence electrons. The first-order valence-electron chi connectivity index (χ1n) is 8.28. The number of halogens is 1. The van der Waals surface area contributed by atoms with E-state index in [9.17, 15) is 12.8 Å². The van der Waals surface area contributed by atoms with E-state index in [1.54, 1.807) is 12.1 Å². The van der Waals surface area contributed by atoms with Crippen molar-refractivity contribution in [2.45, 2.75) is 0 Å². The molecule has 0 spiro atoms. The van der Waals surface area contributed by atoms with Gasteiger partial charge in [0.1, 0.15) is 5.82 Å². The van der Waals surface area contributed by atoms with Gasteiger partial charge in [0.25, 0.3) is 0 Å². The maximum atomic E-state index is 13.0. The minimum Gasteiger partial charge on any atom is -0.369 e. The van der Waals surface area contributed by atoms with Crippen LogP contribution in [-0.4, -0.2) is 38.9 Å². The highest BCUT2D eigenvalue weighted by Crippen LogP contribution is 2.18. The van der Waals surface area contributed by atoms with Gasteiger partial charge in [0, 0.05) is 43.5 Å². The summed E-state index contributed by atoms with van der Waals surface area (Å²) in [7, 11) is -3.49. The van der Waals surface area contributed by atoms with Gasteiger partial charge in [0.2, 0.25) is 10.0 Å². The van der Waals surface area contributed by atoms with Crippen LogP contribution in [0.15, 0.2) is 66.1 Å². The molecule has 0 unspecified atom stereocenters. The minimum atomic E-state index is -3.49. The molecule has 2 aromatic rings. The Kier molecular flexibility index (Phi) is 5.71. The second-order valence-electron chi connectivity index (χ2n) is 5.85. The Balaban J connectivity index is 1.58. The molecule has 1 aliphatic heterocycles. The molecule has 0 saturated carbocycles. The van der Waals surface area contributed by atoms with Gasteiger partial charge in [-0.05, 0) is 36.4 Å². The predicted molar refractivity (Wildman–Crippen MR) is 102 cm³/mol. The second kappa shape index (κ2) is 8.17. The third kappa shape index (κ3) is 4.72. The normalized spacial score (nSPS) is 15.7. The van der Waals surface area contributed by atoms with E-state index in [4.69, 9.17) is 0 Å². The van der Waals surface area contributed by atoms with Crippen molar-refractivity contribution in [2.75, 3.05) is 31.1 Å². The van der Waals surface area contributed by atoms with Crippen LogP contribution in [-0.2, 0) is 10.0 Å². The zero-order chi connectivity index (χ0) is 18.4. The Bertz CT molecular complexity index is 921. The molecule has 0 radical (unpaired) electrons. The fourth-order valence-electron chi connectivity index (χ4n) is 2.71. The largest absolute Gasteiger partial charge is 0.369 e. The highest BCUT2D eigenvalue weighted by Gasteiger charge is 2.25. The first-order chi connectivity index (χ1) is 12.5. The third-order valence-corrected chi connectivity index (χ3v) is 5.67. The average molecular weight is 370 g/mol. The van der Waals surface area contributed by atoms with Crippen molar-refractivity contribution in [1.82, 2.24) is 4.31 Å². The van der Waals surface area contributed by atoms with Gasteiger partial charge in [-0.25, -0.2) is 12.8 Å². The summed E-state index contributed by atoms with van der Waals surface area (Å²) in [6.45, 7) is 1.90. The fourth-order valence-corrected chi connectivity index (χ4v) is 3.79. The number of anilines is 1. The number of piperazine rings is 1. The van der Waals surface area contributed by atoms with Crippen LogP contribution in [0.2, 0.25) is 0 Å². The Morgan fingerprint density at radius 3 is 2.23 bits per heavy atom. The van der Waals surface area contributed by atoms with Crippen molar-refractivity contribution in [3.8, 4) is 11.8 Å². The van der Waals surface area contributed by atoms with E-state index in [-0.39, 0.29) is 5.82 Å². The summed E-state index contributed by atoms with van der Waals surface area (Å²) in [6, 6.07) is 15.6. The van der Waals surface area contributed by atoms with Gasteiger partial charge in [0.05, 0.1) is 5.41 Å². The van der Waals surface area contributed by atoms with Gasteiger partial charge in [0.15, 0.2) is 0 Å². The molecule has 6 heteroatoms. The van der Waals surface area contributed by atoms with Crippen LogP contribution < -0.4 is 4.90 Å². The van der Waals surface area contributed by atoms with E-state index in [1.807, 2.05) is 35.2 Å². The van der Waals surface area contributed by atoms with Crippen LogP contribution in [0.5, 0.6) is 0 Å². The van der Waals surface area contributed by atoms with E-state index in [0.717, 1.165) is 16.7 Å². The number of nitrogens with zero attached hydrogens (tertiary/aromatic N) is 2. The van der Waals surface area contributed by atoms with Gasteiger partial charge in [-0.3, -0.25) is 0 Å². The number of rotatable bonds is 3. The summed E-state index contributed by atoms with van der Waals surface area (Å²) in [5, 5.41) is 1.15. The lowest BCUT2D eigenvalue weighted by molar-refractivity contribution is 0.390. The molecule has 0 atom stereocenters. The molecular formula is C20H19FN2O2S. The molecule has 4 nitrogen and oxygen atoms in total. The maximum absolute atomic E-state index is 13.0. The molecule has 1 heterocycles. The molecule has 0 aliphatic carbocycles. The first-order valence-corrected chi connectivity index (χ1v) is 9.79. The number of allylic oxidation sites excluding steroid dienone is 1. The van der Waals surface area contributed by atoms with Crippen LogP contribution in [0, 0.1) is 17.7 Å². The standard InChI is InChI=1S/C20H19FN2O2S/c21-19-9-11-20(12-10-19)22-13-15-23(16-14-22)26(24,25)17-5-4-8-18-6-2-1-3-7-18/h1-3,5-7,9-12,17H,13-16H2/b17-5+. The van der Waals surface area contributed by atoms with Gasteiger partial charge in [-0.15, -0.1) is 0 Å². The summed E-state index contributed by atoms with van der Waals surface area (Å²) < 4.78 is 39.2. The molecule has 3 rings (SSSR count). The summed E-state index contributed by atoms with van der Waals surface area (Å²) in [5.74, 6) is 5.37. The average Bonchev–Trinajstić information content (AvgIpc) is 2.67. The monoisotopic (exact) mass is 370 g/mol. The zero-order valence-corrected chi connectivity index (χ0v) is 15.0. The lowest BCUT2D eigenvalue weighted by Crippen LogP contribution is -2.48. The molecule has 26 heavy (non-hydrogen) atoms. The van der Waals surface area contributed by atoms with Crippen molar-refractivity contribution in [3.05, 3.63) is 77.5 Å². The first kappa shape index (κ1) is 18.2. The van der Waals surface area contributed by atoms with Crippen LogP contribution in [0.1, 0.15) is 5.56 Å². The molecular weight excluding hydrogens is 351 g/mol. The van der Waals surface area contributed by atoms with E-state index in [1.165, 1.54) is 22.5 Å². The molecule has 1 saturated heterocycles. The molecule has 0 aromatic heterocycles. The maximum Gasteiger partial charge on any atom is 0.236 e. The van der Waals surface area contributed by atoms with Crippen molar-refractivity contribution in [2.24, 2.45) is 0 Å². The van der Waals surface area contributed by atoms with E-state index >= 15 is 0 Å². The predicted octanol–water partition coefficient (Wildman–Crippen LogP) is 2.84. The molecule has 2 aromatic carbocycles. The number of hydrogen-bond acceptors (Lipinski definition) is 3. The highest BCUT2D eigenvalue weighted by molar-refractivity contribution is 7.92. The fraction of sp³-hybridized carbons (Fsp3) is 0.200. The van der Waals surface area contributed by atoms with Crippen molar-refractivity contribution < 1.29 is 12.8 Å². The lowest BCUT2D eigenvalue weighted by Gasteiger charge is -2.34. The lowest BCUT2D eigenvalue weighted by atomic mass is 10.2. The molecule has 0 amide bonds. The minimum absolute atomic E-state index is 0.281. The van der Waals surface area contributed by atoms with E-state index in [2.05, 4.69) is 11.8 Å². The summed E-state index contributed by atoms with van der Waals surface area (Å²) in [5.41, 5.74) is 1.73. The smallest absolute Gasteiger partial charge is 0.236 e. The van der Waals surface area contributed by atoms with Gasteiger partial charge in [-0.1, -0.05) is 30.0 Å². The molecule has 1 fully saturated rings. The Morgan fingerprint density at radius 2 is 1.58 bits per heavy atom. The van der Waals surface area contributed by atoms with E-state index in [0.29, 0.717) is 26.2 Å². The number of hydrogen-bond donors (Lipinski definition) is 0. The van der Waals surface area contributed by atoms with Crippen molar-refractivity contribution in [3.63, 3.8) is 0 Å². The SMILES string of the molecule is O=S(=O)(/C=C/C#Cc1ccccc1)N1CCN(c2ccc(F)cc2)CC1. The van der Waals surface area contributed by atoms with Gasteiger partial charge < -0.3 is 4.90 Å². The second-order valence-corrected chi connectivity index (χ2v) is 7.66. The molecule has 1 aliphatic rings. The van der Waals surface area contributed by atoms with Gasteiger partial charge in [-0.2, -0.15) is 4.31 Å². The van der Waals surface area contributed by atoms with Crippen LogP contribution in [0.3, 0.4) is 0 Å². The number of benzene rings is 2. The highest BCUT2D eigenvalue weighted by atomic mass is 32.2. The molecule has 0 N–H and O–H groups in total. The summed E-state index contributed by atoms with van der Waals surface area (Å²) >= 11 is 0. The van der Waals surface area contributed by atoms with Crippen LogP contribution in [0.4, 0.5) is 10.1 Å². The quantitative estimate of drug-likeness (QED) is 0.780. The topological polar surface area (TPSA) is 40.6 Å². The zero-order valence-electron chi connectivity index (χ0n) is 14.2. The van der Waals surface area contributed by atoms with E-state index < -0.39 is 10.0 Å². The summed E-state index contributed by atoms with van der Waals surface area (Å²) in [4.78, 5) is 2.05. The summed E-state index contributed by atoms with van der Waals surface area (Å²) in [6.07, 6.45) is 1.37. The third-order valence-electron chi connectivity index (χ3n) is 4.10. The Hall–Kier alpha value is -2.62.